The number of carbonyl (C=O) groups is 1. The van der Waals surface area contributed by atoms with Gasteiger partial charge in [0.2, 0.25) is 0 Å². The van der Waals surface area contributed by atoms with Gasteiger partial charge in [-0.15, -0.1) is 0 Å². The molecule has 0 spiro atoms. The molecule has 0 aliphatic carbocycles. The second-order valence-electron chi connectivity index (χ2n) is 3.25. The van der Waals surface area contributed by atoms with Gasteiger partial charge in [-0.3, -0.25) is 0 Å². The van der Waals surface area contributed by atoms with E-state index in [9.17, 15) is 4.79 Å². The summed E-state index contributed by atoms with van der Waals surface area (Å²) in [5.41, 5.74) is 1.15. The highest BCUT2D eigenvalue weighted by molar-refractivity contribution is 5.81. The number of hydrogen-bond acceptors (Lipinski definition) is 3. The summed E-state index contributed by atoms with van der Waals surface area (Å²) in [6, 6.07) is 9.98. The smallest absolute Gasteiger partial charge is 0.330 e. The molecule has 0 unspecified atom stereocenters. The van der Waals surface area contributed by atoms with Gasteiger partial charge in [0.15, 0.2) is 0 Å². The zero-order chi connectivity index (χ0) is 11.6. The summed E-state index contributed by atoms with van der Waals surface area (Å²) in [6.07, 6.45) is 3.87. The molecule has 1 aromatic rings. The van der Waals surface area contributed by atoms with Crippen LogP contribution in [0.5, 0.6) is 0 Å². The van der Waals surface area contributed by atoms with E-state index in [1.807, 2.05) is 30.3 Å². The highest BCUT2D eigenvalue weighted by Crippen LogP contribution is 2.00. The Labute approximate surface area is 95.7 Å². The number of carbonyl (C=O) groups excluding carboxylic acids is 1. The van der Waals surface area contributed by atoms with Crippen LogP contribution >= 0.6 is 0 Å². The molecule has 86 valence electrons. The van der Waals surface area contributed by atoms with E-state index in [0.29, 0.717) is 19.6 Å². The van der Waals surface area contributed by atoms with E-state index in [-0.39, 0.29) is 5.97 Å². The van der Waals surface area contributed by atoms with Crippen LogP contribution in [0.4, 0.5) is 0 Å². The topological polar surface area (TPSA) is 35.5 Å². The number of ether oxygens (including phenoxy) is 2. The molecule has 0 aliphatic rings. The van der Waals surface area contributed by atoms with Gasteiger partial charge < -0.3 is 9.47 Å². The van der Waals surface area contributed by atoms with Gasteiger partial charge in [0, 0.05) is 6.08 Å². The SMILES string of the molecule is COC(=O)/C=C/CCOCc1ccccc1. The van der Waals surface area contributed by atoms with E-state index in [0.717, 1.165) is 5.56 Å². The number of methoxy groups -OCH3 is 1. The maximum absolute atomic E-state index is 10.7. The summed E-state index contributed by atoms with van der Waals surface area (Å²) in [4.78, 5) is 10.7. The van der Waals surface area contributed by atoms with Crippen molar-refractivity contribution in [3.05, 3.63) is 48.0 Å². The van der Waals surface area contributed by atoms with Gasteiger partial charge in [-0.05, 0) is 12.0 Å². The van der Waals surface area contributed by atoms with Crippen LogP contribution in [0.2, 0.25) is 0 Å². The molecule has 1 aromatic carbocycles. The second kappa shape index (κ2) is 7.65. The summed E-state index contributed by atoms with van der Waals surface area (Å²) in [5, 5.41) is 0. The van der Waals surface area contributed by atoms with Gasteiger partial charge in [0.25, 0.3) is 0 Å². The second-order valence-corrected chi connectivity index (χ2v) is 3.25. The van der Waals surface area contributed by atoms with Gasteiger partial charge in [0.05, 0.1) is 20.3 Å². The third-order valence-electron chi connectivity index (χ3n) is 2.00. The lowest BCUT2D eigenvalue weighted by molar-refractivity contribution is -0.134. The first-order valence-corrected chi connectivity index (χ1v) is 5.19. The lowest BCUT2D eigenvalue weighted by atomic mass is 10.2. The average molecular weight is 220 g/mol. The highest BCUT2D eigenvalue weighted by atomic mass is 16.5. The van der Waals surface area contributed by atoms with E-state index < -0.39 is 0 Å². The van der Waals surface area contributed by atoms with Crippen LogP contribution in [0.25, 0.3) is 0 Å². The molecule has 0 bridgehead atoms. The Balaban J connectivity index is 2.09. The van der Waals surface area contributed by atoms with Gasteiger partial charge in [-0.25, -0.2) is 4.79 Å². The molecule has 16 heavy (non-hydrogen) atoms. The Hall–Kier alpha value is -1.61. The van der Waals surface area contributed by atoms with Crippen molar-refractivity contribution < 1.29 is 14.3 Å². The van der Waals surface area contributed by atoms with Crippen molar-refractivity contribution >= 4 is 5.97 Å². The Morgan fingerprint density at radius 3 is 2.75 bits per heavy atom. The van der Waals surface area contributed by atoms with Crippen LogP contribution in [0.15, 0.2) is 42.5 Å². The molecular weight excluding hydrogens is 204 g/mol. The lowest BCUT2D eigenvalue weighted by Gasteiger charge is -2.01. The van der Waals surface area contributed by atoms with E-state index in [1.165, 1.54) is 13.2 Å². The maximum atomic E-state index is 10.7. The van der Waals surface area contributed by atoms with Crippen LogP contribution in [0.1, 0.15) is 12.0 Å². The first-order valence-electron chi connectivity index (χ1n) is 5.19. The fourth-order valence-corrected chi connectivity index (χ4v) is 1.16. The fraction of sp³-hybridized carbons (Fsp3) is 0.308. The van der Waals surface area contributed by atoms with Crippen molar-refractivity contribution in [2.24, 2.45) is 0 Å². The standard InChI is InChI=1S/C13H16O3/c1-15-13(14)9-5-6-10-16-11-12-7-3-2-4-8-12/h2-5,7-9H,6,10-11H2,1H3/b9-5+. The van der Waals surface area contributed by atoms with Gasteiger partial charge in [-0.2, -0.15) is 0 Å². The summed E-state index contributed by atoms with van der Waals surface area (Å²) >= 11 is 0. The molecule has 3 heteroatoms. The monoisotopic (exact) mass is 220 g/mol. The fourth-order valence-electron chi connectivity index (χ4n) is 1.16. The number of hydrogen-bond donors (Lipinski definition) is 0. The summed E-state index contributed by atoms with van der Waals surface area (Å²) < 4.78 is 9.89. The van der Waals surface area contributed by atoms with Crippen LogP contribution in [-0.4, -0.2) is 19.7 Å². The molecular formula is C13H16O3. The number of esters is 1. The molecule has 3 nitrogen and oxygen atoms in total. The Morgan fingerprint density at radius 1 is 1.31 bits per heavy atom. The van der Waals surface area contributed by atoms with Crippen LogP contribution in [0, 0.1) is 0 Å². The van der Waals surface area contributed by atoms with Crippen molar-refractivity contribution in [2.75, 3.05) is 13.7 Å². The molecule has 0 aliphatic heterocycles. The molecule has 0 saturated heterocycles. The first kappa shape index (κ1) is 12.5. The summed E-state index contributed by atoms with van der Waals surface area (Å²) in [5.74, 6) is -0.331. The summed E-state index contributed by atoms with van der Waals surface area (Å²) in [7, 11) is 1.36. The Morgan fingerprint density at radius 2 is 2.06 bits per heavy atom. The Bertz CT molecular complexity index is 330. The predicted molar refractivity (Wildman–Crippen MR) is 61.9 cm³/mol. The summed E-state index contributed by atoms with van der Waals surface area (Å²) in [6.45, 7) is 1.20. The molecule has 0 heterocycles. The normalized spacial score (nSPS) is 10.6. The van der Waals surface area contributed by atoms with Crippen LogP contribution < -0.4 is 0 Å². The van der Waals surface area contributed by atoms with Crippen molar-refractivity contribution in [2.45, 2.75) is 13.0 Å². The highest BCUT2D eigenvalue weighted by Gasteiger charge is 1.92. The minimum absolute atomic E-state index is 0.331. The minimum atomic E-state index is -0.331. The third kappa shape index (κ3) is 5.32. The molecule has 0 aromatic heterocycles. The number of rotatable bonds is 6. The van der Waals surface area contributed by atoms with Crippen LogP contribution in [0.3, 0.4) is 0 Å². The maximum Gasteiger partial charge on any atom is 0.330 e. The van der Waals surface area contributed by atoms with E-state index in [1.54, 1.807) is 6.08 Å². The largest absolute Gasteiger partial charge is 0.466 e. The van der Waals surface area contributed by atoms with E-state index in [4.69, 9.17) is 4.74 Å². The zero-order valence-corrected chi connectivity index (χ0v) is 9.39. The van der Waals surface area contributed by atoms with Gasteiger partial charge in [0.1, 0.15) is 0 Å². The molecule has 0 amide bonds. The first-order chi connectivity index (χ1) is 7.83. The predicted octanol–water partition coefficient (Wildman–Crippen LogP) is 2.32. The van der Waals surface area contributed by atoms with Crippen molar-refractivity contribution in [1.82, 2.24) is 0 Å². The minimum Gasteiger partial charge on any atom is -0.466 e. The van der Waals surface area contributed by atoms with Crippen molar-refractivity contribution in [3.63, 3.8) is 0 Å². The van der Waals surface area contributed by atoms with Gasteiger partial charge >= 0.3 is 5.97 Å². The molecule has 0 N–H and O–H groups in total. The number of benzene rings is 1. The Kier molecular flexibility index (Phi) is 5.96. The van der Waals surface area contributed by atoms with E-state index in [2.05, 4.69) is 4.74 Å². The van der Waals surface area contributed by atoms with E-state index >= 15 is 0 Å². The molecule has 1 rings (SSSR count). The van der Waals surface area contributed by atoms with Crippen molar-refractivity contribution in [3.8, 4) is 0 Å². The molecule has 0 fully saturated rings. The van der Waals surface area contributed by atoms with Gasteiger partial charge in [-0.1, -0.05) is 36.4 Å². The quantitative estimate of drug-likeness (QED) is 0.419. The average Bonchev–Trinajstić information content (AvgIpc) is 2.34. The van der Waals surface area contributed by atoms with Crippen molar-refractivity contribution in [1.29, 1.82) is 0 Å². The molecule has 0 saturated carbocycles. The molecule has 0 radical (unpaired) electrons. The third-order valence-corrected chi connectivity index (χ3v) is 2.00. The zero-order valence-electron chi connectivity index (χ0n) is 9.39. The van der Waals surface area contributed by atoms with Crippen LogP contribution in [-0.2, 0) is 20.9 Å². The molecule has 0 atom stereocenters. The lowest BCUT2D eigenvalue weighted by Crippen LogP contribution is -1.96.